The molecule has 1 aliphatic heterocycles. The summed E-state index contributed by atoms with van der Waals surface area (Å²) in [4.78, 5) is 18.8. The van der Waals surface area contributed by atoms with Gasteiger partial charge in [0.25, 0.3) is 0 Å². The summed E-state index contributed by atoms with van der Waals surface area (Å²) < 4.78 is 5.21. The Morgan fingerprint density at radius 3 is 2.64 bits per heavy atom. The Morgan fingerprint density at radius 1 is 1.29 bits per heavy atom. The number of benzene rings is 1. The van der Waals surface area contributed by atoms with Gasteiger partial charge in [0, 0.05) is 6.20 Å². The average Bonchev–Trinajstić information content (AvgIpc) is 2.74. The summed E-state index contributed by atoms with van der Waals surface area (Å²) in [6.45, 7) is 3.85. The second-order valence-electron chi connectivity index (χ2n) is 7.37. The van der Waals surface area contributed by atoms with Gasteiger partial charge in [-0.25, -0.2) is 4.98 Å². The minimum Gasteiger partial charge on any atom is -0.497 e. The Balaban J connectivity index is 1.43. The molecule has 1 fully saturated rings. The molecule has 2 aromatic rings. The summed E-state index contributed by atoms with van der Waals surface area (Å²) in [6, 6.07) is 11.7. The van der Waals surface area contributed by atoms with Gasteiger partial charge < -0.3 is 10.1 Å². The number of likely N-dealkylation sites (tertiary alicyclic amines) is 1. The molecule has 6 heteroatoms. The number of amides is 1. The normalized spacial score (nSPS) is 16.5. The Kier molecular flexibility index (Phi) is 7.29. The Morgan fingerprint density at radius 2 is 2.00 bits per heavy atom. The van der Waals surface area contributed by atoms with E-state index in [-0.39, 0.29) is 11.9 Å². The molecule has 1 saturated heterocycles. The lowest BCUT2D eigenvalue weighted by Gasteiger charge is -2.35. The van der Waals surface area contributed by atoms with Crippen LogP contribution in [0.2, 0.25) is 5.15 Å². The van der Waals surface area contributed by atoms with Crippen LogP contribution in [0.15, 0.2) is 42.6 Å². The highest BCUT2D eigenvalue weighted by Crippen LogP contribution is 2.25. The van der Waals surface area contributed by atoms with Crippen molar-refractivity contribution in [2.45, 2.75) is 38.6 Å². The van der Waals surface area contributed by atoms with E-state index in [9.17, 15) is 4.79 Å². The number of aromatic nitrogens is 1. The predicted octanol–water partition coefficient (Wildman–Crippen LogP) is 4.42. The smallest absolute Gasteiger partial charge is 0.241 e. The fourth-order valence-electron chi connectivity index (χ4n) is 3.67. The summed E-state index contributed by atoms with van der Waals surface area (Å²) in [5, 5.41) is 3.21. The number of anilines is 1. The largest absolute Gasteiger partial charge is 0.497 e. The third-order valence-corrected chi connectivity index (χ3v) is 5.89. The van der Waals surface area contributed by atoms with Crippen LogP contribution in [0.4, 0.5) is 5.69 Å². The maximum atomic E-state index is 12.6. The van der Waals surface area contributed by atoms with E-state index in [1.54, 1.807) is 25.4 Å². The number of nitrogens with zero attached hydrogens (tertiary/aromatic N) is 2. The van der Waals surface area contributed by atoms with Gasteiger partial charge in [-0.15, -0.1) is 0 Å². The first-order valence-corrected chi connectivity index (χ1v) is 10.2. The number of ether oxygens (including phenoxy) is 1. The van der Waals surface area contributed by atoms with E-state index in [2.05, 4.69) is 27.3 Å². The number of rotatable bonds is 7. The fourth-order valence-corrected chi connectivity index (χ4v) is 3.84. The topological polar surface area (TPSA) is 54.5 Å². The van der Waals surface area contributed by atoms with Gasteiger partial charge >= 0.3 is 0 Å². The van der Waals surface area contributed by atoms with Crippen LogP contribution >= 0.6 is 11.6 Å². The van der Waals surface area contributed by atoms with Crippen LogP contribution in [-0.2, 0) is 11.2 Å². The third kappa shape index (κ3) is 5.46. The number of piperidine rings is 1. The quantitative estimate of drug-likeness (QED) is 0.698. The molecule has 1 aliphatic rings. The van der Waals surface area contributed by atoms with E-state index in [0.29, 0.717) is 16.8 Å². The van der Waals surface area contributed by atoms with Crippen molar-refractivity contribution >= 4 is 23.2 Å². The highest BCUT2D eigenvalue weighted by Gasteiger charge is 2.26. The molecule has 150 valence electrons. The van der Waals surface area contributed by atoms with Crippen LogP contribution < -0.4 is 10.1 Å². The molecular formula is C22H28ClN3O2. The average molecular weight is 402 g/mol. The van der Waals surface area contributed by atoms with Crippen molar-refractivity contribution in [2.24, 2.45) is 5.92 Å². The van der Waals surface area contributed by atoms with Crippen LogP contribution in [0.5, 0.6) is 5.75 Å². The number of pyridine rings is 1. The zero-order chi connectivity index (χ0) is 19.9. The van der Waals surface area contributed by atoms with Crippen LogP contribution in [0.25, 0.3) is 0 Å². The lowest BCUT2D eigenvalue weighted by atomic mass is 9.90. The Bertz CT molecular complexity index is 774. The molecule has 1 aromatic heterocycles. The molecule has 1 amide bonds. The number of carbonyl (C=O) groups excluding carboxylic acids is 1. The van der Waals surface area contributed by atoms with Crippen molar-refractivity contribution in [3.8, 4) is 5.75 Å². The summed E-state index contributed by atoms with van der Waals surface area (Å²) in [5.41, 5.74) is 1.92. The molecule has 0 radical (unpaired) electrons. The SMILES string of the molecule is COc1ccc(CCC2CCN(C(C)C(=O)Nc3cccnc3Cl)CC2)cc1. The van der Waals surface area contributed by atoms with Gasteiger partial charge in [-0.05, 0) is 81.4 Å². The van der Waals surface area contributed by atoms with E-state index >= 15 is 0 Å². The third-order valence-electron chi connectivity index (χ3n) is 5.59. The Labute approximate surface area is 172 Å². The standard InChI is InChI=1S/C22H28ClN3O2/c1-16(22(27)25-20-4-3-13-24-21(20)23)26-14-11-18(12-15-26)6-5-17-7-9-19(28-2)10-8-17/h3-4,7-10,13,16,18H,5-6,11-12,14-15H2,1-2H3,(H,25,27). The fraction of sp³-hybridized carbons (Fsp3) is 0.455. The molecule has 0 aliphatic carbocycles. The number of methoxy groups -OCH3 is 1. The first kappa shape index (κ1) is 20.6. The van der Waals surface area contributed by atoms with Crippen LogP contribution in [0.3, 0.4) is 0 Å². The van der Waals surface area contributed by atoms with Crippen molar-refractivity contribution in [1.82, 2.24) is 9.88 Å². The van der Waals surface area contributed by atoms with Crippen LogP contribution in [0.1, 0.15) is 31.7 Å². The molecule has 1 atom stereocenters. The van der Waals surface area contributed by atoms with Gasteiger partial charge in [0.15, 0.2) is 5.15 Å². The number of hydrogen-bond acceptors (Lipinski definition) is 4. The second-order valence-corrected chi connectivity index (χ2v) is 7.73. The summed E-state index contributed by atoms with van der Waals surface area (Å²) in [5.74, 6) is 1.57. The van der Waals surface area contributed by atoms with E-state index in [1.165, 1.54) is 12.0 Å². The molecule has 1 N–H and O–H groups in total. The number of halogens is 1. The van der Waals surface area contributed by atoms with Crippen molar-refractivity contribution in [3.05, 3.63) is 53.3 Å². The molecule has 1 unspecified atom stereocenters. The molecule has 5 nitrogen and oxygen atoms in total. The summed E-state index contributed by atoms with van der Waals surface area (Å²) >= 11 is 6.03. The number of carbonyl (C=O) groups is 1. The van der Waals surface area contributed by atoms with Gasteiger partial charge in [-0.3, -0.25) is 9.69 Å². The summed E-state index contributed by atoms with van der Waals surface area (Å²) in [6.07, 6.45) is 6.14. The maximum Gasteiger partial charge on any atom is 0.241 e. The van der Waals surface area contributed by atoms with Crippen molar-refractivity contribution in [1.29, 1.82) is 0 Å². The molecule has 2 heterocycles. The van der Waals surface area contributed by atoms with Gasteiger partial charge in [0.05, 0.1) is 18.8 Å². The van der Waals surface area contributed by atoms with Gasteiger partial charge in [0.2, 0.25) is 5.91 Å². The molecule has 3 rings (SSSR count). The highest BCUT2D eigenvalue weighted by molar-refractivity contribution is 6.32. The lowest BCUT2D eigenvalue weighted by molar-refractivity contribution is -0.121. The van der Waals surface area contributed by atoms with Crippen LogP contribution in [0, 0.1) is 5.92 Å². The van der Waals surface area contributed by atoms with Crippen LogP contribution in [-0.4, -0.2) is 42.0 Å². The van der Waals surface area contributed by atoms with Crippen molar-refractivity contribution in [2.75, 3.05) is 25.5 Å². The zero-order valence-corrected chi connectivity index (χ0v) is 17.3. The van der Waals surface area contributed by atoms with Gasteiger partial charge in [0.1, 0.15) is 5.75 Å². The number of aryl methyl sites for hydroxylation is 1. The monoisotopic (exact) mass is 401 g/mol. The summed E-state index contributed by atoms with van der Waals surface area (Å²) in [7, 11) is 1.69. The first-order chi connectivity index (χ1) is 13.6. The predicted molar refractivity (Wildman–Crippen MR) is 113 cm³/mol. The van der Waals surface area contributed by atoms with E-state index in [0.717, 1.165) is 38.1 Å². The lowest BCUT2D eigenvalue weighted by Crippen LogP contribution is -2.46. The minimum atomic E-state index is -0.182. The molecule has 0 bridgehead atoms. The maximum absolute atomic E-state index is 12.6. The molecular weight excluding hydrogens is 374 g/mol. The van der Waals surface area contributed by atoms with Crippen molar-refractivity contribution < 1.29 is 9.53 Å². The van der Waals surface area contributed by atoms with E-state index in [1.807, 2.05) is 19.1 Å². The number of nitrogens with one attached hydrogen (secondary N) is 1. The molecule has 28 heavy (non-hydrogen) atoms. The molecule has 0 spiro atoms. The highest BCUT2D eigenvalue weighted by atomic mass is 35.5. The van der Waals surface area contributed by atoms with Gasteiger partial charge in [-0.2, -0.15) is 0 Å². The van der Waals surface area contributed by atoms with E-state index in [4.69, 9.17) is 16.3 Å². The molecule has 1 aromatic carbocycles. The Hall–Kier alpha value is -2.11. The van der Waals surface area contributed by atoms with Gasteiger partial charge in [-0.1, -0.05) is 23.7 Å². The zero-order valence-electron chi connectivity index (χ0n) is 16.5. The molecule has 0 saturated carbocycles. The second kappa shape index (κ2) is 9.89. The first-order valence-electron chi connectivity index (χ1n) is 9.85. The van der Waals surface area contributed by atoms with Crippen molar-refractivity contribution in [3.63, 3.8) is 0 Å². The minimum absolute atomic E-state index is 0.0356. The van der Waals surface area contributed by atoms with E-state index < -0.39 is 0 Å². The number of hydrogen-bond donors (Lipinski definition) is 1.